The van der Waals surface area contributed by atoms with E-state index in [4.69, 9.17) is 0 Å². The molecule has 0 spiro atoms. The molecule has 0 aliphatic carbocycles. The van der Waals surface area contributed by atoms with Gasteiger partial charge in [0.25, 0.3) is 5.91 Å². The van der Waals surface area contributed by atoms with Crippen molar-refractivity contribution in [3.8, 4) is 0 Å². The molecule has 1 aliphatic heterocycles. The zero-order chi connectivity index (χ0) is 16.7. The maximum absolute atomic E-state index is 13.2. The molecule has 1 aromatic rings. The van der Waals surface area contributed by atoms with Gasteiger partial charge in [-0.2, -0.15) is 0 Å². The average Bonchev–Trinajstić information content (AvgIpc) is 2.46. The van der Waals surface area contributed by atoms with Crippen molar-refractivity contribution < 1.29 is 14.4 Å². The largest absolute Gasteiger partial charge is 0.325 e. The zero-order valence-electron chi connectivity index (χ0n) is 13.7. The quantitative estimate of drug-likeness (QED) is 0.636. The Kier molecular flexibility index (Phi) is 3.99. The summed E-state index contributed by atoms with van der Waals surface area (Å²) in [5.41, 5.74) is -0.653. The molecule has 6 heteroatoms. The number of nitrogens with zero attached hydrogens (tertiary/aromatic N) is 2. The lowest BCUT2D eigenvalue weighted by atomic mass is 9.75. The van der Waals surface area contributed by atoms with Crippen molar-refractivity contribution in [1.29, 1.82) is 0 Å². The highest BCUT2D eigenvalue weighted by Gasteiger charge is 2.58. The van der Waals surface area contributed by atoms with Gasteiger partial charge in [-0.15, -0.1) is 0 Å². The topological polar surface area (TPSA) is 57.7 Å². The predicted molar refractivity (Wildman–Crippen MR) is 86.8 cm³/mol. The Morgan fingerprint density at radius 2 is 1.55 bits per heavy atom. The highest BCUT2D eigenvalue weighted by molar-refractivity contribution is 6.78. The Balaban J connectivity index is 2.69. The standard InChI is InChI=1S/C16H22N2O3Si/c1-6-16(12-10-8-7-9-11-12)13(19)17(2)15(21)18(14(16)20)22(3,4)5/h7-11H,6H2,1-5H3. The van der Waals surface area contributed by atoms with Gasteiger partial charge in [-0.05, 0) is 12.0 Å². The number of barbiturate groups is 1. The molecule has 1 aliphatic rings. The number of rotatable bonds is 3. The molecule has 1 aromatic carbocycles. The van der Waals surface area contributed by atoms with Crippen molar-refractivity contribution in [2.75, 3.05) is 7.05 Å². The first-order valence-corrected chi connectivity index (χ1v) is 10.8. The van der Waals surface area contributed by atoms with E-state index < -0.39 is 25.6 Å². The fraction of sp³-hybridized carbons (Fsp3) is 0.438. The SMILES string of the molecule is CCC1(c2ccccc2)C(=O)N(C)C(=O)N([Si](C)(C)C)C1=O. The molecule has 4 amide bonds. The van der Waals surface area contributed by atoms with Gasteiger partial charge in [0.15, 0.2) is 13.7 Å². The second-order valence-corrected chi connectivity index (χ2v) is 11.4. The number of hydrogen-bond donors (Lipinski definition) is 0. The summed E-state index contributed by atoms with van der Waals surface area (Å²) in [6.45, 7) is 7.60. The van der Waals surface area contributed by atoms with E-state index in [0.29, 0.717) is 12.0 Å². The van der Waals surface area contributed by atoms with E-state index in [1.165, 1.54) is 11.6 Å². The van der Waals surface area contributed by atoms with Gasteiger partial charge < -0.3 is 0 Å². The van der Waals surface area contributed by atoms with Crippen LogP contribution in [0.3, 0.4) is 0 Å². The minimum absolute atomic E-state index is 0.327. The molecule has 1 unspecified atom stereocenters. The first-order chi connectivity index (χ1) is 10.2. The maximum atomic E-state index is 13.2. The van der Waals surface area contributed by atoms with Crippen LogP contribution in [0.2, 0.25) is 19.6 Å². The van der Waals surface area contributed by atoms with Gasteiger partial charge in [-0.1, -0.05) is 56.9 Å². The van der Waals surface area contributed by atoms with E-state index in [1.54, 1.807) is 12.1 Å². The van der Waals surface area contributed by atoms with Gasteiger partial charge in [0.1, 0.15) is 0 Å². The molecule has 22 heavy (non-hydrogen) atoms. The van der Waals surface area contributed by atoms with Gasteiger partial charge in [-0.25, -0.2) is 4.79 Å². The molecule has 1 heterocycles. The van der Waals surface area contributed by atoms with Crippen molar-refractivity contribution in [3.63, 3.8) is 0 Å². The Morgan fingerprint density at radius 1 is 1.00 bits per heavy atom. The van der Waals surface area contributed by atoms with E-state index in [9.17, 15) is 14.4 Å². The number of carbonyl (C=O) groups is 3. The summed E-state index contributed by atoms with van der Waals surface area (Å²) in [7, 11) is -0.796. The fourth-order valence-electron chi connectivity index (χ4n) is 2.96. The van der Waals surface area contributed by atoms with Crippen LogP contribution in [0.4, 0.5) is 4.79 Å². The van der Waals surface area contributed by atoms with E-state index in [-0.39, 0.29) is 5.91 Å². The second kappa shape index (κ2) is 5.35. The molecule has 118 valence electrons. The van der Waals surface area contributed by atoms with Crippen LogP contribution in [0.1, 0.15) is 18.9 Å². The Hall–Kier alpha value is -1.95. The first kappa shape index (κ1) is 16.4. The van der Waals surface area contributed by atoms with Crippen molar-refractivity contribution in [3.05, 3.63) is 35.9 Å². The number of likely N-dealkylation sites (N-methyl/N-ethyl adjacent to an activating group) is 1. The molecule has 0 bridgehead atoms. The third kappa shape index (κ3) is 2.18. The van der Waals surface area contributed by atoms with E-state index in [2.05, 4.69) is 0 Å². The van der Waals surface area contributed by atoms with E-state index in [1.807, 2.05) is 44.8 Å². The molecule has 0 saturated carbocycles. The molecule has 5 nitrogen and oxygen atoms in total. The summed E-state index contributed by atoms with van der Waals surface area (Å²) >= 11 is 0. The van der Waals surface area contributed by atoms with Crippen LogP contribution < -0.4 is 0 Å². The van der Waals surface area contributed by atoms with Crippen LogP contribution in [-0.4, -0.2) is 42.6 Å². The van der Waals surface area contributed by atoms with Crippen LogP contribution in [0.25, 0.3) is 0 Å². The minimum atomic E-state index is -2.25. The maximum Gasteiger partial charge on any atom is 0.325 e. The second-order valence-electron chi connectivity index (χ2n) is 6.58. The number of hydrogen-bond acceptors (Lipinski definition) is 3. The lowest BCUT2D eigenvalue weighted by Crippen LogP contribution is -2.71. The number of benzene rings is 1. The van der Waals surface area contributed by atoms with Crippen LogP contribution in [0.5, 0.6) is 0 Å². The Morgan fingerprint density at radius 3 is 2.00 bits per heavy atom. The highest BCUT2D eigenvalue weighted by Crippen LogP contribution is 2.37. The molecule has 2 rings (SSSR count). The number of imide groups is 2. The van der Waals surface area contributed by atoms with Gasteiger partial charge >= 0.3 is 6.03 Å². The van der Waals surface area contributed by atoms with Crippen molar-refractivity contribution in [2.24, 2.45) is 0 Å². The summed E-state index contributed by atoms with van der Waals surface area (Å²) in [5, 5.41) is 0. The van der Waals surface area contributed by atoms with Gasteiger partial charge in [0.05, 0.1) is 0 Å². The molecule has 0 radical (unpaired) electrons. The van der Waals surface area contributed by atoms with Crippen LogP contribution in [0, 0.1) is 0 Å². The summed E-state index contributed by atoms with van der Waals surface area (Å²) in [6.07, 6.45) is 0.327. The molecule has 1 saturated heterocycles. The van der Waals surface area contributed by atoms with E-state index >= 15 is 0 Å². The number of urea groups is 1. The number of carbonyl (C=O) groups excluding carboxylic acids is 3. The van der Waals surface area contributed by atoms with Crippen molar-refractivity contribution in [2.45, 2.75) is 38.4 Å². The third-order valence-corrected chi connectivity index (χ3v) is 5.92. The van der Waals surface area contributed by atoms with Crippen molar-refractivity contribution in [1.82, 2.24) is 9.47 Å². The third-order valence-electron chi connectivity index (χ3n) is 4.18. The number of amides is 4. The van der Waals surface area contributed by atoms with Gasteiger partial charge in [-0.3, -0.25) is 19.1 Å². The van der Waals surface area contributed by atoms with Crippen molar-refractivity contribution >= 4 is 26.1 Å². The molecular weight excluding hydrogens is 296 g/mol. The zero-order valence-corrected chi connectivity index (χ0v) is 14.7. The normalized spacial score (nSPS) is 23.2. The molecular formula is C16H22N2O3Si. The Labute approximate surface area is 132 Å². The molecule has 0 aromatic heterocycles. The first-order valence-electron chi connectivity index (χ1n) is 7.40. The summed E-state index contributed by atoms with van der Waals surface area (Å²) in [4.78, 5) is 39.6. The monoisotopic (exact) mass is 318 g/mol. The smallest absolute Gasteiger partial charge is 0.293 e. The fourth-order valence-corrected chi connectivity index (χ4v) is 4.48. The van der Waals surface area contributed by atoms with Crippen LogP contribution >= 0.6 is 0 Å². The van der Waals surface area contributed by atoms with Gasteiger partial charge in [0.2, 0.25) is 5.91 Å². The lowest BCUT2D eigenvalue weighted by Gasteiger charge is -2.47. The molecule has 1 fully saturated rings. The van der Waals surface area contributed by atoms with Crippen LogP contribution in [-0.2, 0) is 15.0 Å². The summed E-state index contributed by atoms with van der Waals surface area (Å²) < 4.78 is 1.34. The summed E-state index contributed by atoms with van der Waals surface area (Å²) in [6, 6.07) is 8.52. The molecule has 0 N–H and O–H groups in total. The summed E-state index contributed by atoms with van der Waals surface area (Å²) in [5.74, 6) is -0.820. The Bertz CT molecular complexity index is 624. The van der Waals surface area contributed by atoms with Crippen LogP contribution in [0.15, 0.2) is 30.3 Å². The predicted octanol–water partition coefficient (Wildman–Crippen LogP) is 2.59. The minimum Gasteiger partial charge on any atom is -0.293 e. The lowest BCUT2D eigenvalue weighted by molar-refractivity contribution is -0.148. The highest BCUT2D eigenvalue weighted by atomic mass is 28.3. The average molecular weight is 318 g/mol. The van der Waals surface area contributed by atoms with E-state index in [0.717, 1.165) is 4.90 Å². The van der Waals surface area contributed by atoms with Gasteiger partial charge in [0, 0.05) is 7.05 Å². The molecule has 1 atom stereocenters.